The minimum absolute atomic E-state index is 0.0767. The third kappa shape index (κ3) is 2.88. The number of aliphatic hydroxyl groups is 1. The Hall–Kier alpha value is -3.44. The molecule has 1 atom stereocenters. The van der Waals surface area contributed by atoms with Gasteiger partial charge in [0.2, 0.25) is 0 Å². The zero-order chi connectivity index (χ0) is 21.8. The predicted octanol–water partition coefficient (Wildman–Crippen LogP) is 4.88. The smallest absolute Gasteiger partial charge is 0.193 e. The molecule has 1 heterocycles. The van der Waals surface area contributed by atoms with Crippen LogP contribution in [0.25, 0.3) is 22.4 Å². The zero-order valence-corrected chi connectivity index (χ0v) is 17.9. The molecule has 0 unspecified atom stereocenters. The van der Waals surface area contributed by atoms with E-state index in [-0.39, 0.29) is 5.78 Å². The molecule has 0 aliphatic heterocycles. The highest BCUT2D eigenvalue weighted by atomic mass is 16.3. The van der Waals surface area contributed by atoms with Crippen molar-refractivity contribution in [3.8, 4) is 11.4 Å². The van der Waals surface area contributed by atoms with E-state index in [0.717, 1.165) is 30.0 Å². The molecule has 156 valence electrons. The molecule has 0 amide bonds. The first kappa shape index (κ1) is 19.5. The topological polar surface area (TPSA) is 69.2 Å². The molecule has 0 bridgehead atoms. The van der Waals surface area contributed by atoms with Gasteiger partial charge in [0.15, 0.2) is 5.78 Å². The first-order chi connectivity index (χ1) is 15.0. The number of carbonyl (C=O) groups is 1. The van der Waals surface area contributed by atoms with Gasteiger partial charge in [0.25, 0.3) is 0 Å². The molecule has 0 saturated carbocycles. The van der Waals surface area contributed by atoms with Gasteiger partial charge in [-0.1, -0.05) is 24.3 Å². The maximum Gasteiger partial charge on any atom is 0.193 e. The summed E-state index contributed by atoms with van der Waals surface area (Å²) in [5.41, 5.74) is 4.49. The van der Waals surface area contributed by atoms with Crippen molar-refractivity contribution in [1.82, 2.24) is 9.97 Å². The lowest BCUT2D eigenvalue weighted by atomic mass is 9.74. The summed E-state index contributed by atoms with van der Waals surface area (Å²) in [5, 5.41) is 11.5. The Morgan fingerprint density at radius 2 is 1.68 bits per heavy atom. The largest absolute Gasteiger partial charge is 0.381 e. The summed E-state index contributed by atoms with van der Waals surface area (Å²) in [6, 6.07) is 19.2. The van der Waals surface area contributed by atoms with E-state index in [1.165, 1.54) is 5.69 Å². The van der Waals surface area contributed by atoms with Gasteiger partial charge in [-0.3, -0.25) is 4.79 Å². The second kappa shape index (κ2) is 7.06. The molecule has 1 aliphatic carbocycles. The van der Waals surface area contributed by atoms with Crippen molar-refractivity contribution < 1.29 is 9.90 Å². The van der Waals surface area contributed by atoms with Crippen LogP contribution in [-0.4, -0.2) is 33.9 Å². The van der Waals surface area contributed by atoms with Crippen molar-refractivity contribution in [1.29, 1.82) is 0 Å². The van der Waals surface area contributed by atoms with E-state index in [1.54, 1.807) is 19.1 Å². The molecule has 0 radical (unpaired) electrons. The van der Waals surface area contributed by atoms with Crippen LogP contribution in [0.5, 0.6) is 0 Å². The Morgan fingerprint density at radius 3 is 2.39 bits per heavy atom. The lowest BCUT2D eigenvalue weighted by molar-refractivity contribution is 0.0871. The SMILES string of the molecule is CCN(CC)c1ccc(-c2nc3c4c(ccc3[nH]2)C(=O)c2ccccc2[C@]4(C)O)cc1. The maximum atomic E-state index is 13.1. The summed E-state index contributed by atoms with van der Waals surface area (Å²) in [7, 11) is 0. The van der Waals surface area contributed by atoms with Crippen molar-refractivity contribution >= 4 is 22.5 Å². The van der Waals surface area contributed by atoms with E-state index in [2.05, 4.69) is 48.0 Å². The number of nitrogens with one attached hydrogen (secondary N) is 1. The van der Waals surface area contributed by atoms with Gasteiger partial charge >= 0.3 is 0 Å². The number of fused-ring (bicyclic) bond motifs is 4. The van der Waals surface area contributed by atoms with Gasteiger partial charge in [0, 0.05) is 41.0 Å². The number of ketones is 1. The molecule has 0 saturated heterocycles. The number of nitrogens with zero attached hydrogens (tertiary/aromatic N) is 2. The van der Waals surface area contributed by atoms with Crippen molar-refractivity contribution in [2.24, 2.45) is 0 Å². The molecule has 1 aliphatic rings. The summed E-state index contributed by atoms with van der Waals surface area (Å²) in [5.74, 6) is 0.642. The number of carbonyl (C=O) groups excluding carboxylic acids is 1. The standard InChI is InChI=1S/C26H25N3O2/c1-4-29(5-2)17-12-10-16(11-13-17)25-27-21-15-14-19-22(23(21)28-25)26(3,31)20-9-7-6-8-18(20)24(19)30/h6-15,31H,4-5H2,1-3H3,(H,27,28)/t26-/m0/s1. The fraction of sp³-hybridized carbons (Fsp3) is 0.231. The number of benzene rings is 3. The van der Waals surface area contributed by atoms with E-state index < -0.39 is 5.60 Å². The Kier molecular flexibility index (Phi) is 4.45. The van der Waals surface area contributed by atoms with Gasteiger partial charge in [0.1, 0.15) is 11.4 Å². The van der Waals surface area contributed by atoms with Crippen molar-refractivity contribution in [3.63, 3.8) is 0 Å². The summed E-state index contributed by atoms with van der Waals surface area (Å²) in [6.45, 7) is 7.94. The van der Waals surface area contributed by atoms with Gasteiger partial charge < -0.3 is 15.0 Å². The summed E-state index contributed by atoms with van der Waals surface area (Å²) < 4.78 is 0. The number of imidazole rings is 1. The van der Waals surface area contributed by atoms with Gasteiger partial charge in [0.05, 0.1) is 11.0 Å². The van der Waals surface area contributed by atoms with Crippen LogP contribution in [0.3, 0.4) is 0 Å². The highest BCUT2D eigenvalue weighted by molar-refractivity contribution is 6.15. The van der Waals surface area contributed by atoms with Gasteiger partial charge in [-0.2, -0.15) is 0 Å². The molecule has 31 heavy (non-hydrogen) atoms. The van der Waals surface area contributed by atoms with Crippen molar-refractivity contribution in [3.05, 3.63) is 82.9 Å². The molecule has 5 nitrogen and oxygen atoms in total. The summed E-state index contributed by atoms with van der Waals surface area (Å²) in [4.78, 5) is 23.6. The lowest BCUT2D eigenvalue weighted by Gasteiger charge is -2.32. The quantitative estimate of drug-likeness (QED) is 0.502. The number of aromatic nitrogens is 2. The van der Waals surface area contributed by atoms with Crippen LogP contribution in [0.1, 0.15) is 47.8 Å². The predicted molar refractivity (Wildman–Crippen MR) is 124 cm³/mol. The Balaban J connectivity index is 1.64. The minimum atomic E-state index is -1.31. The first-order valence-corrected chi connectivity index (χ1v) is 10.7. The molecule has 2 N–H and O–H groups in total. The Labute approximate surface area is 181 Å². The summed E-state index contributed by atoms with van der Waals surface area (Å²) >= 11 is 0. The second-order valence-electron chi connectivity index (χ2n) is 8.14. The lowest BCUT2D eigenvalue weighted by Crippen LogP contribution is -2.33. The number of H-pyrrole nitrogens is 1. The monoisotopic (exact) mass is 411 g/mol. The molecular weight excluding hydrogens is 386 g/mol. The molecule has 0 fully saturated rings. The molecular formula is C26H25N3O2. The van der Waals surface area contributed by atoms with E-state index >= 15 is 0 Å². The van der Waals surface area contributed by atoms with Gasteiger partial charge in [-0.25, -0.2) is 4.98 Å². The van der Waals surface area contributed by atoms with Crippen molar-refractivity contribution in [2.75, 3.05) is 18.0 Å². The number of hydrogen-bond donors (Lipinski definition) is 2. The molecule has 3 aromatic carbocycles. The van der Waals surface area contributed by atoms with Crippen LogP contribution in [0, 0.1) is 0 Å². The highest BCUT2D eigenvalue weighted by Gasteiger charge is 2.40. The van der Waals surface area contributed by atoms with Crippen LogP contribution in [-0.2, 0) is 5.60 Å². The van der Waals surface area contributed by atoms with E-state index in [4.69, 9.17) is 4.98 Å². The van der Waals surface area contributed by atoms with Gasteiger partial charge in [-0.05, 0) is 62.7 Å². The van der Waals surface area contributed by atoms with Crippen LogP contribution in [0.4, 0.5) is 5.69 Å². The number of aromatic amines is 1. The fourth-order valence-electron chi connectivity index (χ4n) is 4.70. The second-order valence-corrected chi connectivity index (χ2v) is 8.14. The zero-order valence-electron chi connectivity index (χ0n) is 17.9. The number of hydrogen-bond acceptors (Lipinski definition) is 4. The minimum Gasteiger partial charge on any atom is -0.381 e. The molecule has 4 aromatic rings. The molecule has 5 heteroatoms. The van der Waals surface area contributed by atoms with Crippen LogP contribution < -0.4 is 4.90 Å². The molecule has 0 spiro atoms. The average Bonchev–Trinajstić information content (AvgIpc) is 3.23. The van der Waals surface area contributed by atoms with Crippen LogP contribution in [0.15, 0.2) is 60.7 Å². The van der Waals surface area contributed by atoms with E-state index in [0.29, 0.717) is 27.8 Å². The number of rotatable bonds is 4. The molecule has 1 aromatic heterocycles. The van der Waals surface area contributed by atoms with Crippen LogP contribution >= 0.6 is 0 Å². The Bertz CT molecular complexity index is 1300. The van der Waals surface area contributed by atoms with E-state index in [9.17, 15) is 9.90 Å². The Morgan fingerprint density at radius 1 is 0.968 bits per heavy atom. The maximum absolute atomic E-state index is 13.1. The molecule has 5 rings (SSSR count). The summed E-state index contributed by atoms with van der Waals surface area (Å²) in [6.07, 6.45) is 0. The third-order valence-electron chi connectivity index (χ3n) is 6.35. The first-order valence-electron chi connectivity index (χ1n) is 10.7. The normalized spacial score (nSPS) is 17.5. The fourth-order valence-corrected chi connectivity index (χ4v) is 4.70. The van der Waals surface area contributed by atoms with Crippen LogP contribution in [0.2, 0.25) is 0 Å². The van der Waals surface area contributed by atoms with Crippen molar-refractivity contribution in [2.45, 2.75) is 26.4 Å². The number of anilines is 1. The van der Waals surface area contributed by atoms with Gasteiger partial charge in [-0.15, -0.1) is 0 Å². The third-order valence-corrected chi connectivity index (χ3v) is 6.35. The average molecular weight is 412 g/mol. The van der Waals surface area contributed by atoms with E-state index in [1.807, 2.05) is 24.3 Å². The highest BCUT2D eigenvalue weighted by Crippen LogP contribution is 2.43.